The van der Waals surface area contributed by atoms with E-state index in [2.05, 4.69) is 55.5 Å². The summed E-state index contributed by atoms with van der Waals surface area (Å²) in [6.45, 7) is 67.0. The number of nitrogens with one attached hydrogen (secondary N) is 2. The summed E-state index contributed by atoms with van der Waals surface area (Å²) >= 11 is 5.33. The van der Waals surface area contributed by atoms with Gasteiger partial charge in [-0.05, 0) is 88.5 Å². The Morgan fingerprint density at radius 3 is 0.660 bits per heavy atom. The van der Waals surface area contributed by atoms with E-state index in [4.69, 9.17) is 121 Å². The molecule has 0 fully saturated rings. The van der Waals surface area contributed by atoms with Gasteiger partial charge in [0.05, 0.1) is 0 Å². The fourth-order valence-corrected chi connectivity index (χ4v) is 21.3. The third-order valence-electron chi connectivity index (χ3n) is 10.0. The van der Waals surface area contributed by atoms with E-state index in [9.17, 15) is 0 Å². The Kier molecular flexibility index (Phi) is 174. The second-order valence-corrected chi connectivity index (χ2v) is 31.9. The van der Waals surface area contributed by atoms with Gasteiger partial charge in [0.1, 0.15) is 0 Å². The minimum Gasteiger partial charge on any atom is -0.400 e. The van der Waals surface area contributed by atoms with E-state index in [1.165, 1.54) is 0 Å². The lowest BCUT2D eigenvalue weighted by Crippen LogP contribution is -2.54. The van der Waals surface area contributed by atoms with Gasteiger partial charge in [-0.2, -0.15) is 44.9 Å². The van der Waals surface area contributed by atoms with Gasteiger partial charge in [0.15, 0.2) is 0 Å². The minimum atomic E-state index is -2.99. The number of rotatable bonds is 32. The topological polar surface area (TPSA) is 516 Å². The van der Waals surface area contributed by atoms with Crippen molar-refractivity contribution in [2.45, 2.75) is 283 Å². The molecule has 3 heterocycles. The fourth-order valence-electron chi connectivity index (χ4n) is 5.98. The molecule has 0 spiro atoms. The summed E-state index contributed by atoms with van der Waals surface area (Å²) in [6, 6.07) is 3.56. The predicted molar refractivity (Wildman–Crippen MR) is 474 cm³/mol. The highest BCUT2D eigenvalue weighted by molar-refractivity contribution is 6.78. The summed E-state index contributed by atoms with van der Waals surface area (Å²) in [5, 5.41) is 20.1. The van der Waals surface area contributed by atoms with E-state index in [1.807, 2.05) is 221 Å². The zero-order valence-corrected chi connectivity index (χ0v) is 82.3. The SMILES string of the molecule is CC.CC.CC.CC.CC.CC.CC.CC.CC.CC.CC.CC.CC.CC.CC.CO.CO.CO[Si](C)(CCCN)O[Si](CCCN)(OC)OC.CO[Si](C)(CCCNc1nc(N)nc(N)n1)O[Si](CCCNc1nc(N)nc(N)n1)(OC)OC.CO[Si](CCCN)(OC)OC.Nc1nc(N)nc(Cl)n1. The smallest absolute Gasteiger partial charge is 0.400 e. The van der Waals surface area contributed by atoms with Crippen LogP contribution in [0.2, 0.25) is 48.6 Å². The molecule has 0 aromatic carbocycles. The minimum absolute atomic E-state index is 0.0139. The van der Waals surface area contributed by atoms with Crippen LogP contribution in [0.15, 0.2) is 0 Å². The molecule has 0 aliphatic carbocycles. The lowest BCUT2D eigenvalue weighted by Gasteiger charge is -2.35. The fraction of sp³-hybridized carbons (Fsp3) is 0.866. The maximum absolute atomic E-state index is 7.00. The molecule has 3 aromatic rings. The first-order chi connectivity index (χ1) is 51.1. The van der Waals surface area contributed by atoms with Gasteiger partial charge in [-0.15, -0.1) is 0 Å². The van der Waals surface area contributed by atoms with Gasteiger partial charge < -0.3 is 121 Å². The Labute approximate surface area is 664 Å². The van der Waals surface area contributed by atoms with Crippen molar-refractivity contribution < 1.29 is 58.3 Å². The number of anilines is 8. The van der Waals surface area contributed by atoms with E-state index in [1.54, 1.807) is 64.0 Å². The summed E-state index contributed by atoms with van der Waals surface area (Å²) in [7, 11) is 3.68. The molecule has 22 N–H and O–H groups in total. The van der Waals surface area contributed by atoms with Crippen molar-refractivity contribution in [3.8, 4) is 0 Å². The van der Waals surface area contributed by atoms with E-state index < -0.39 is 43.5 Å². The summed E-state index contributed by atoms with van der Waals surface area (Å²) in [6.07, 6.45) is 3.97. The number of aliphatic hydroxyl groups is 2. The molecule has 0 aliphatic heterocycles. The van der Waals surface area contributed by atoms with E-state index in [0.717, 1.165) is 52.0 Å². The molecule has 654 valence electrons. The number of hydrogen-bond acceptors (Lipinski definition) is 33. The van der Waals surface area contributed by atoms with Crippen LogP contribution in [0.5, 0.6) is 0 Å². The number of aliphatic hydroxyl groups excluding tert-OH is 2. The van der Waals surface area contributed by atoms with Gasteiger partial charge in [0, 0.05) is 109 Å². The molecule has 106 heavy (non-hydrogen) atoms. The first-order valence-corrected chi connectivity index (χ1v) is 49.6. The summed E-state index contributed by atoms with van der Waals surface area (Å²) in [5.41, 5.74) is 49.1. The lowest BCUT2D eigenvalue weighted by molar-refractivity contribution is 0.123. The second kappa shape index (κ2) is 125. The average molecular weight is 1650 g/mol. The molecular formula is C67H181ClN20O13Si5. The molecule has 33 nitrogen and oxygen atoms in total. The van der Waals surface area contributed by atoms with Crippen LogP contribution in [0.25, 0.3) is 0 Å². The standard InChI is InChI=1S/C16H34N12O4Si2.C10H28N2O4Si2.C6H17NO3Si.C3H4ClN5.15C2H6.2CH4O/c1-29-33(4,9-5-7-21-15-25-11(17)23-12(18)26-15)32-34(30-2,31-3)10-6-8-22-16-27-13(19)24-14(20)28-16;1-13-17(4,9-5-7-11)16-18(14-2,15-3)10-6-8-12;1-8-11(9-2,10-3)6-4-5-7;4-1-7-2(5)9-3(6)8-1;17*1-2/h5-10H2,1-4H3,(H5,17,18,21,23,25,26)(H5,19,20,22,24,27,28);5-12H2,1-4H3;4-7H2,1-3H3;(H4,5,6,7,8,9);15*1-2H3;2*2H,1H3. The Morgan fingerprint density at radius 2 is 0.462 bits per heavy atom. The number of aromatic nitrogens is 9. The van der Waals surface area contributed by atoms with Gasteiger partial charge in [0.2, 0.25) is 52.9 Å². The highest BCUT2D eigenvalue weighted by Crippen LogP contribution is 2.27. The van der Waals surface area contributed by atoms with Crippen LogP contribution in [-0.4, -0.2) is 210 Å². The maximum atomic E-state index is 7.00. The van der Waals surface area contributed by atoms with Crippen molar-refractivity contribution in [2.24, 2.45) is 17.2 Å². The average Bonchev–Trinajstić information content (AvgIpc) is 0.837. The number of hydrogen-bond donors (Lipinski definition) is 13. The molecule has 0 saturated carbocycles. The van der Waals surface area contributed by atoms with Crippen LogP contribution in [0.4, 0.5) is 47.6 Å². The largest absolute Gasteiger partial charge is 0.500 e. The third-order valence-corrected chi connectivity index (χ3v) is 27.6. The zero-order chi connectivity index (χ0) is 88.9. The van der Waals surface area contributed by atoms with E-state index in [-0.39, 0.29) is 41.0 Å². The third kappa shape index (κ3) is 94.4. The van der Waals surface area contributed by atoms with Crippen molar-refractivity contribution in [2.75, 3.05) is 156 Å². The van der Waals surface area contributed by atoms with E-state index >= 15 is 0 Å². The van der Waals surface area contributed by atoms with Crippen LogP contribution in [0.3, 0.4) is 0 Å². The van der Waals surface area contributed by atoms with Gasteiger partial charge in [-0.3, -0.25) is 0 Å². The van der Waals surface area contributed by atoms with Gasteiger partial charge >= 0.3 is 43.5 Å². The first kappa shape index (κ1) is 148. The Bertz CT molecular complexity index is 1850. The van der Waals surface area contributed by atoms with Gasteiger partial charge in [0.25, 0.3) is 0 Å². The molecule has 0 radical (unpaired) electrons. The van der Waals surface area contributed by atoms with Crippen LogP contribution < -0.4 is 62.2 Å². The van der Waals surface area contributed by atoms with Gasteiger partial charge in [-0.1, -0.05) is 208 Å². The molecule has 0 saturated heterocycles. The van der Waals surface area contributed by atoms with Crippen molar-refractivity contribution in [1.82, 2.24) is 44.9 Å². The van der Waals surface area contributed by atoms with Crippen molar-refractivity contribution >= 4 is 103 Å². The molecule has 0 bridgehead atoms. The Morgan fingerprint density at radius 1 is 0.283 bits per heavy atom. The van der Waals surface area contributed by atoms with Crippen molar-refractivity contribution in [3.63, 3.8) is 0 Å². The first-order valence-electron chi connectivity index (χ1n) is 38.4. The van der Waals surface area contributed by atoms with E-state index in [0.29, 0.717) is 69.2 Å². The zero-order valence-electron chi connectivity index (χ0n) is 76.6. The summed E-state index contributed by atoms with van der Waals surface area (Å²) < 4.78 is 62.1. The Balaban J connectivity index is -0.0000000572. The number of nitrogen functional groups attached to an aromatic ring is 6. The maximum Gasteiger partial charge on any atom is 0.500 e. The molecular weight excluding hydrogens is 1470 g/mol. The van der Waals surface area contributed by atoms with Crippen LogP contribution >= 0.6 is 11.6 Å². The molecule has 0 amide bonds. The van der Waals surface area contributed by atoms with Crippen LogP contribution in [0, 0.1) is 0 Å². The number of halogens is 1. The summed E-state index contributed by atoms with van der Waals surface area (Å²) in [4.78, 5) is 33.9. The van der Waals surface area contributed by atoms with Crippen molar-refractivity contribution in [3.05, 3.63) is 5.28 Å². The molecule has 2 unspecified atom stereocenters. The van der Waals surface area contributed by atoms with Crippen LogP contribution in [-0.2, 0) is 48.1 Å². The highest BCUT2D eigenvalue weighted by atomic mass is 35.5. The lowest BCUT2D eigenvalue weighted by atomic mass is 10.5. The highest BCUT2D eigenvalue weighted by Gasteiger charge is 2.48. The normalized spacial score (nSPS) is 9.97. The molecule has 0 aliphatic rings. The van der Waals surface area contributed by atoms with Crippen LogP contribution in [0.1, 0.15) is 240 Å². The predicted octanol–water partition coefficient (Wildman–Crippen LogP) is 14.8. The quantitative estimate of drug-likeness (QED) is 0.0204. The van der Waals surface area contributed by atoms with Gasteiger partial charge in [-0.25, -0.2) is 0 Å². The molecule has 3 aromatic heterocycles. The second-order valence-electron chi connectivity index (χ2n) is 15.2. The Hall–Kier alpha value is -3.84. The molecule has 3 rings (SSSR count). The molecule has 2 atom stereocenters. The number of nitrogens with zero attached hydrogens (tertiary/aromatic N) is 9. The van der Waals surface area contributed by atoms with Crippen molar-refractivity contribution in [1.29, 1.82) is 0 Å². The summed E-state index contributed by atoms with van der Waals surface area (Å²) in [5.74, 6) is 0.908. The molecule has 39 heteroatoms. The number of nitrogens with two attached hydrogens (primary N) is 9. The monoisotopic (exact) mass is 1650 g/mol.